The van der Waals surface area contributed by atoms with Gasteiger partial charge < -0.3 is 0 Å². The van der Waals surface area contributed by atoms with Gasteiger partial charge in [-0.25, -0.2) is 9.97 Å². The first-order valence-electron chi connectivity index (χ1n) is 17.3. The zero-order valence-corrected chi connectivity index (χ0v) is 27.8. The first kappa shape index (κ1) is 27.6. The fourth-order valence-electron chi connectivity index (χ4n) is 8.82. The summed E-state index contributed by atoms with van der Waals surface area (Å²) in [5.74, 6) is 0.676. The number of fused-ring (bicyclic) bond motifs is 10. The lowest BCUT2D eigenvalue weighted by Crippen LogP contribution is -2.23. The Labute approximate surface area is 289 Å². The molecule has 2 aromatic heterocycles. The highest BCUT2D eigenvalue weighted by molar-refractivity contribution is 6.28. The smallest absolute Gasteiger partial charge is 0.235 e. The molecule has 0 N–H and O–H groups in total. The van der Waals surface area contributed by atoms with E-state index in [9.17, 15) is 0 Å². The number of benzene rings is 8. The summed E-state index contributed by atoms with van der Waals surface area (Å²) in [6.45, 7) is 4.73. The second kappa shape index (κ2) is 9.87. The second-order valence-electron chi connectivity index (χ2n) is 14.2. The van der Waals surface area contributed by atoms with Gasteiger partial charge in [0.2, 0.25) is 5.95 Å². The van der Waals surface area contributed by atoms with Gasteiger partial charge in [0.25, 0.3) is 0 Å². The highest BCUT2D eigenvalue weighted by Gasteiger charge is 2.35. The molecule has 0 radical (unpaired) electrons. The molecule has 0 atom stereocenters. The number of hydrogen-bond acceptors (Lipinski definition) is 2. The first-order valence-corrected chi connectivity index (χ1v) is 17.3. The SMILES string of the molecule is CC1(C)c2ccccc2-c2c3c1cccc3cc1c2c2ccc3ccccc3c2n1-c1nc(-c2ccc3ccccc3c2)c2ccccc2n1. The van der Waals surface area contributed by atoms with E-state index < -0.39 is 0 Å². The molecule has 0 unspecified atom stereocenters. The van der Waals surface area contributed by atoms with Crippen LogP contribution < -0.4 is 0 Å². The van der Waals surface area contributed by atoms with Gasteiger partial charge in [-0.15, -0.1) is 0 Å². The molecule has 8 aromatic carbocycles. The minimum atomic E-state index is -0.127. The van der Waals surface area contributed by atoms with Crippen molar-refractivity contribution in [3.63, 3.8) is 0 Å². The third kappa shape index (κ3) is 3.64. The zero-order valence-electron chi connectivity index (χ0n) is 27.8. The molecule has 1 aliphatic carbocycles. The molecule has 3 nitrogen and oxygen atoms in total. The lowest BCUT2D eigenvalue weighted by atomic mass is 9.68. The monoisotopic (exact) mass is 637 g/mol. The van der Waals surface area contributed by atoms with Crippen LogP contribution in [0.4, 0.5) is 0 Å². The zero-order chi connectivity index (χ0) is 33.1. The third-order valence-electron chi connectivity index (χ3n) is 11.1. The van der Waals surface area contributed by atoms with Crippen molar-refractivity contribution in [2.75, 3.05) is 0 Å². The van der Waals surface area contributed by atoms with Crippen LogP contribution >= 0.6 is 0 Å². The van der Waals surface area contributed by atoms with Crippen molar-refractivity contribution < 1.29 is 0 Å². The van der Waals surface area contributed by atoms with Crippen molar-refractivity contribution in [2.24, 2.45) is 0 Å². The lowest BCUT2D eigenvalue weighted by Gasteiger charge is -2.35. The quantitative estimate of drug-likeness (QED) is 0.189. The Morgan fingerprint density at radius 3 is 2.10 bits per heavy atom. The van der Waals surface area contributed by atoms with Crippen molar-refractivity contribution in [3.05, 3.63) is 163 Å². The lowest BCUT2D eigenvalue weighted by molar-refractivity contribution is 0.645. The Bertz CT molecular complexity index is 3070. The Hall–Kier alpha value is -6.32. The second-order valence-corrected chi connectivity index (χ2v) is 14.2. The van der Waals surface area contributed by atoms with Crippen LogP contribution in [0.2, 0.25) is 0 Å². The largest absolute Gasteiger partial charge is 0.277 e. The summed E-state index contributed by atoms with van der Waals surface area (Å²) >= 11 is 0. The van der Waals surface area contributed by atoms with Crippen LogP contribution in [0, 0.1) is 0 Å². The maximum Gasteiger partial charge on any atom is 0.235 e. The molecule has 0 saturated heterocycles. The van der Waals surface area contributed by atoms with Crippen molar-refractivity contribution in [1.29, 1.82) is 0 Å². The fraction of sp³-hybridized carbons (Fsp3) is 0.0638. The molecule has 1 aliphatic rings. The standard InChI is InChI=1S/C47H31N3/c1-47(2)37-19-9-7-17-34(37)43-41-31(15-11-20-38(41)47)27-40-42(43)36-25-24-29-13-5-6-16-33(29)45(36)50(40)46-48-39-21-10-8-18-35(39)44(49-46)32-23-22-28-12-3-4-14-30(28)26-32/h3-27H,1-2H3. The van der Waals surface area contributed by atoms with Gasteiger partial charge in [0.1, 0.15) is 0 Å². The van der Waals surface area contributed by atoms with Gasteiger partial charge >= 0.3 is 0 Å². The Morgan fingerprint density at radius 2 is 1.20 bits per heavy atom. The molecule has 0 saturated carbocycles. The maximum atomic E-state index is 5.51. The molecule has 0 spiro atoms. The van der Waals surface area contributed by atoms with Gasteiger partial charge in [0.15, 0.2) is 0 Å². The van der Waals surface area contributed by atoms with E-state index in [0.29, 0.717) is 5.95 Å². The molecule has 0 bridgehead atoms. The van der Waals surface area contributed by atoms with E-state index in [2.05, 4.69) is 170 Å². The summed E-state index contributed by atoms with van der Waals surface area (Å²) in [5, 5.41) is 10.9. The molecule has 0 fully saturated rings. The van der Waals surface area contributed by atoms with Gasteiger partial charge in [0, 0.05) is 38.1 Å². The van der Waals surface area contributed by atoms with E-state index in [4.69, 9.17) is 9.97 Å². The van der Waals surface area contributed by atoms with Crippen LogP contribution in [-0.4, -0.2) is 14.5 Å². The van der Waals surface area contributed by atoms with E-state index in [1.165, 1.54) is 65.3 Å². The van der Waals surface area contributed by atoms with Gasteiger partial charge in [-0.05, 0) is 61.8 Å². The molecule has 2 heterocycles. The molecule has 234 valence electrons. The van der Waals surface area contributed by atoms with Crippen molar-refractivity contribution in [1.82, 2.24) is 14.5 Å². The average molecular weight is 638 g/mol. The Morgan fingerprint density at radius 1 is 0.500 bits per heavy atom. The average Bonchev–Trinajstić information content (AvgIpc) is 3.50. The summed E-state index contributed by atoms with van der Waals surface area (Å²) < 4.78 is 2.34. The fourth-order valence-corrected chi connectivity index (χ4v) is 8.82. The number of hydrogen-bond donors (Lipinski definition) is 0. The van der Waals surface area contributed by atoms with Gasteiger partial charge in [-0.1, -0.05) is 147 Å². The van der Waals surface area contributed by atoms with Crippen LogP contribution in [0.5, 0.6) is 0 Å². The molecule has 50 heavy (non-hydrogen) atoms. The number of nitrogens with zero attached hydrogens (tertiary/aromatic N) is 3. The maximum absolute atomic E-state index is 5.51. The summed E-state index contributed by atoms with van der Waals surface area (Å²) in [7, 11) is 0. The van der Waals surface area contributed by atoms with Crippen LogP contribution in [0.25, 0.3) is 93.4 Å². The highest BCUT2D eigenvalue weighted by atomic mass is 15.2. The van der Waals surface area contributed by atoms with Gasteiger partial charge in [-0.2, -0.15) is 0 Å². The summed E-state index contributed by atoms with van der Waals surface area (Å²) in [5.41, 5.74) is 10.4. The van der Waals surface area contributed by atoms with Crippen LogP contribution in [0.1, 0.15) is 25.0 Å². The molecular weight excluding hydrogens is 607 g/mol. The number of aromatic nitrogens is 3. The van der Waals surface area contributed by atoms with E-state index >= 15 is 0 Å². The summed E-state index contributed by atoms with van der Waals surface area (Å²) in [4.78, 5) is 10.9. The molecule has 0 amide bonds. The minimum Gasteiger partial charge on any atom is -0.277 e. The summed E-state index contributed by atoms with van der Waals surface area (Å²) in [6.07, 6.45) is 0. The molecule has 3 heteroatoms. The van der Waals surface area contributed by atoms with E-state index in [1.807, 2.05) is 0 Å². The third-order valence-corrected chi connectivity index (χ3v) is 11.1. The van der Waals surface area contributed by atoms with Crippen molar-refractivity contribution >= 4 is 65.0 Å². The van der Waals surface area contributed by atoms with Crippen molar-refractivity contribution in [3.8, 4) is 28.3 Å². The number of para-hydroxylation sites is 1. The van der Waals surface area contributed by atoms with Gasteiger partial charge in [0.05, 0.1) is 22.2 Å². The number of rotatable bonds is 2. The van der Waals surface area contributed by atoms with Gasteiger partial charge in [-0.3, -0.25) is 4.57 Å². The topological polar surface area (TPSA) is 30.7 Å². The highest BCUT2D eigenvalue weighted by Crippen LogP contribution is 2.53. The normalized spacial score (nSPS) is 13.6. The molecule has 10 aromatic rings. The first-order chi connectivity index (χ1) is 24.6. The molecular formula is C47H31N3. The Kier molecular flexibility index (Phi) is 5.45. The predicted octanol–water partition coefficient (Wildman–Crippen LogP) is 12.2. The molecule has 0 aliphatic heterocycles. The molecule has 11 rings (SSSR count). The van der Waals surface area contributed by atoms with Crippen molar-refractivity contribution in [2.45, 2.75) is 19.3 Å². The summed E-state index contributed by atoms with van der Waals surface area (Å²) in [6, 6.07) is 55.0. The van der Waals surface area contributed by atoms with Crippen LogP contribution in [0.15, 0.2) is 152 Å². The van der Waals surface area contributed by atoms with Crippen LogP contribution in [0.3, 0.4) is 0 Å². The minimum absolute atomic E-state index is 0.127. The van der Waals surface area contributed by atoms with E-state index in [-0.39, 0.29) is 5.41 Å². The Balaban J connectivity index is 1.34. The predicted molar refractivity (Wildman–Crippen MR) is 209 cm³/mol. The van der Waals surface area contributed by atoms with Crippen LogP contribution in [-0.2, 0) is 5.41 Å². The van der Waals surface area contributed by atoms with E-state index in [0.717, 1.165) is 33.2 Å². The van der Waals surface area contributed by atoms with E-state index in [1.54, 1.807) is 0 Å².